The van der Waals surface area contributed by atoms with Gasteiger partial charge in [0.15, 0.2) is 0 Å². The number of hydrogen-bond donors (Lipinski definition) is 1. The Morgan fingerprint density at radius 2 is 1.75 bits per heavy atom. The highest BCUT2D eigenvalue weighted by atomic mass is 16.5. The second-order valence-electron chi connectivity index (χ2n) is 8.96. The van der Waals surface area contributed by atoms with Crippen LogP contribution in [-0.4, -0.2) is 22.6 Å². The molecule has 0 bridgehead atoms. The number of amides is 1. The molecule has 1 heterocycles. The number of hydrogen-bond acceptors (Lipinski definition) is 3. The van der Waals surface area contributed by atoms with Crippen molar-refractivity contribution in [2.75, 3.05) is 7.11 Å². The number of aromatic nitrogens is 2. The number of nitrogens with zero attached hydrogens (tertiary/aromatic N) is 2. The van der Waals surface area contributed by atoms with Crippen molar-refractivity contribution in [2.45, 2.75) is 39.3 Å². The maximum atomic E-state index is 12.7. The van der Waals surface area contributed by atoms with Crippen LogP contribution in [0, 0.1) is 0 Å². The van der Waals surface area contributed by atoms with Crippen LogP contribution < -0.4 is 10.1 Å². The molecule has 4 aromatic rings. The van der Waals surface area contributed by atoms with Gasteiger partial charge in [-0.15, -0.1) is 0 Å². The SMILES string of the molecule is COc1cccc(C(=O)NCc2nc3ccccc3n2Cc2ccc(C(C)(C)C)cc2)c1. The predicted octanol–water partition coefficient (Wildman–Crippen LogP) is 5.32. The summed E-state index contributed by atoms with van der Waals surface area (Å²) in [6.07, 6.45) is 0. The van der Waals surface area contributed by atoms with E-state index in [0.29, 0.717) is 24.4 Å². The number of ether oxygens (including phenoxy) is 1. The number of para-hydroxylation sites is 2. The van der Waals surface area contributed by atoms with Crippen molar-refractivity contribution in [3.8, 4) is 5.75 Å². The van der Waals surface area contributed by atoms with Gasteiger partial charge in [0.1, 0.15) is 11.6 Å². The first kappa shape index (κ1) is 21.6. The van der Waals surface area contributed by atoms with Crippen LogP contribution in [0.2, 0.25) is 0 Å². The minimum Gasteiger partial charge on any atom is -0.497 e. The van der Waals surface area contributed by atoms with Crippen molar-refractivity contribution in [3.63, 3.8) is 0 Å². The number of fused-ring (bicyclic) bond motifs is 1. The molecule has 0 aliphatic heterocycles. The van der Waals surface area contributed by atoms with Gasteiger partial charge in [-0.05, 0) is 46.9 Å². The lowest BCUT2D eigenvalue weighted by atomic mass is 9.87. The molecular formula is C27H29N3O2. The minimum atomic E-state index is -0.156. The van der Waals surface area contributed by atoms with E-state index in [2.05, 4.69) is 61.0 Å². The predicted molar refractivity (Wildman–Crippen MR) is 128 cm³/mol. The molecule has 164 valence electrons. The van der Waals surface area contributed by atoms with E-state index >= 15 is 0 Å². The van der Waals surface area contributed by atoms with Crippen LogP contribution in [0.4, 0.5) is 0 Å². The Morgan fingerprint density at radius 1 is 1.00 bits per heavy atom. The van der Waals surface area contributed by atoms with Crippen LogP contribution in [-0.2, 0) is 18.5 Å². The molecule has 0 saturated carbocycles. The fourth-order valence-electron chi connectivity index (χ4n) is 3.76. The van der Waals surface area contributed by atoms with Gasteiger partial charge in [-0.25, -0.2) is 4.98 Å². The molecule has 0 unspecified atom stereocenters. The summed E-state index contributed by atoms with van der Waals surface area (Å²) < 4.78 is 7.40. The van der Waals surface area contributed by atoms with Crippen LogP contribution in [0.15, 0.2) is 72.8 Å². The quantitative estimate of drug-likeness (QED) is 0.453. The highest BCUT2D eigenvalue weighted by Gasteiger charge is 2.15. The molecule has 0 fully saturated rings. The van der Waals surface area contributed by atoms with E-state index in [4.69, 9.17) is 9.72 Å². The lowest BCUT2D eigenvalue weighted by Crippen LogP contribution is -2.25. The zero-order chi connectivity index (χ0) is 22.7. The maximum Gasteiger partial charge on any atom is 0.251 e. The van der Waals surface area contributed by atoms with Gasteiger partial charge in [0.25, 0.3) is 5.91 Å². The first-order valence-corrected chi connectivity index (χ1v) is 10.8. The lowest BCUT2D eigenvalue weighted by molar-refractivity contribution is 0.0949. The van der Waals surface area contributed by atoms with Crippen LogP contribution in [0.3, 0.4) is 0 Å². The average molecular weight is 428 g/mol. The van der Waals surface area contributed by atoms with Crippen molar-refractivity contribution in [1.82, 2.24) is 14.9 Å². The normalized spacial score (nSPS) is 11.5. The Kier molecular flexibility index (Phi) is 5.99. The summed E-state index contributed by atoms with van der Waals surface area (Å²) >= 11 is 0. The lowest BCUT2D eigenvalue weighted by Gasteiger charge is -2.19. The second-order valence-corrected chi connectivity index (χ2v) is 8.96. The van der Waals surface area contributed by atoms with Crippen LogP contribution >= 0.6 is 0 Å². The summed E-state index contributed by atoms with van der Waals surface area (Å²) in [5, 5.41) is 3.00. The highest BCUT2D eigenvalue weighted by molar-refractivity contribution is 5.94. The van der Waals surface area contributed by atoms with Crippen molar-refractivity contribution in [2.24, 2.45) is 0 Å². The third-order valence-corrected chi connectivity index (χ3v) is 5.63. The number of methoxy groups -OCH3 is 1. The van der Waals surface area contributed by atoms with Crippen molar-refractivity contribution in [1.29, 1.82) is 0 Å². The molecule has 4 rings (SSSR count). The van der Waals surface area contributed by atoms with Crippen LogP contribution in [0.1, 0.15) is 48.1 Å². The van der Waals surface area contributed by atoms with E-state index < -0.39 is 0 Å². The molecule has 0 aliphatic rings. The Bertz CT molecular complexity index is 1230. The van der Waals surface area contributed by atoms with E-state index in [1.165, 1.54) is 11.1 Å². The van der Waals surface area contributed by atoms with Crippen LogP contribution in [0.25, 0.3) is 11.0 Å². The van der Waals surface area contributed by atoms with Crippen molar-refractivity contribution < 1.29 is 9.53 Å². The van der Waals surface area contributed by atoms with E-state index in [9.17, 15) is 4.79 Å². The van der Waals surface area contributed by atoms with Gasteiger partial charge >= 0.3 is 0 Å². The fourth-order valence-corrected chi connectivity index (χ4v) is 3.76. The molecule has 0 saturated heterocycles. The molecule has 0 radical (unpaired) electrons. The maximum absolute atomic E-state index is 12.7. The summed E-state index contributed by atoms with van der Waals surface area (Å²) in [6.45, 7) is 7.68. The molecule has 1 N–H and O–H groups in total. The van der Waals surface area contributed by atoms with Gasteiger partial charge < -0.3 is 14.6 Å². The number of carbonyl (C=O) groups excluding carboxylic acids is 1. The molecule has 0 atom stereocenters. The summed E-state index contributed by atoms with van der Waals surface area (Å²) in [4.78, 5) is 17.5. The number of carbonyl (C=O) groups is 1. The largest absolute Gasteiger partial charge is 0.497 e. The van der Waals surface area contributed by atoms with E-state index in [1.807, 2.05) is 30.3 Å². The highest BCUT2D eigenvalue weighted by Crippen LogP contribution is 2.24. The summed E-state index contributed by atoms with van der Waals surface area (Å²) in [7, 11) is 1.59. The first-order valence-electron chi connectivity index (χ1n) is 10.8. The molecule has 1 aromatic heterocycles. The van der Waals surface area contributed by atoms with E-state index in [-0.39, 0.29) is 11.3 Å². The van der Waals surface area contributed by atoms with Crippen molar-refractivity contribution in [3.05, 3.63) is 95.3 Å². The number of nitrogens with one attached hydrogen (secondary N) is 1. The third-order valence-electron chi connectivity index (χ3n) is 5.63. The number of rotatable bonds is 6. The molecule has 32 heavy (non-hydrogen) atoms. The van der Waals surface area contributed by atoms with Gasteiger partial charge in [0, 0.05) is 12.1 Å². The summed E-state index contributed by atoms with van der Waals surface area (Å²) in [5.74, 6) is 1.32. The minimum absolute atomic E-state index is 0.121. The molecular weight excluding hydrogens is 398 g/mol. The van der Waals surface area contributed by atoms with Gasteiger partial charge in [-0.3, -0.25) is 4.79 Å². The molecule has 0 spiro atoms. The number of imidazole rings is 1. The smallest absolute Gasteiger partial charge is 0.251 e. The second kappa shape index (κ2) is 8.87. The topological polar surface area (TPSA) is 56.1 Å². The van der Waals surface area contributed by atoms with E-state index in [0.717, 1.165) is 16.9 Å². The Hall–Kier alpha value is -3.60. The summed E-state index contributed by atoms with van der Waals surface area (Å²) in [6, 6.07) is 23.9. The van der Waals surface area contributed by atoms with Gasteiger partial charge in [-0.1, -0.05) is 63.2 Å². The first-order chi connectivity index (χ1) is 15.3. The van der Waals surface area contributed by atoms with E-state index in [1.54, 1.807) is 19.2 Å². The molecule has 1 amide bonds. The standard InChI is InChI=1S/C27H29N3O2/c1-27(2,3)21-14-12-19(13-15-21)18-30-24-11-6-5-10-23(24)29-25(30)17-28-26(31)20-8-7-9-22(16-20)32-4/h5-16H,17-18H2,1-4H3,(H,28,31). The molecule has 0 aliphatic carbocycles. The Morgan fingerprint density at radius 3 is 2.47 bits per heavy atom. The molecule has 5 nitrogen and oxygen atoms in total. The van der Waals surface area contributed by atoms with Gasteiger partial charge in [0.2, 0.25) is 0 Å². The van der Waals surface area contributed by atoms with Gasteiger partial charge in [-0.2, -0.15) is 0 Å². The van der Waals surface area contributed by atoms with Gasteiger partial charge in [0.05, 0.1) is 24.7 Å². The molecule has 3 aromatic carbocycles. The van der Waals surface area contributed by atoms with Crippen LogP contribution in [0.5, 0.6) is 5.75 Å². The Balaban J connectivity index is 1.58. The Labute approximate surface area is 189 Å². The zero-order valence-electron chi connectivity index (χ0n) is 19.1. The fraction of sp³-hybridized carbons (Fsp3) is 0.259. The summed E-state index contributed by atoms with van der Waals surface area (Å²) in [5.41, 5.74) is 5.16. The molecule has 5 heteroatoms. The monoisotopic (exact) mass is 427 g/mol. The third kappa shape index (κ3) is 4.67. The average Bonchev–Trinajstić information content (AvgIpc) is 3.14. The zero-order valence-corrected chi connectivity index (χ0v) is 19.1. The number of benzene rings is 3. The van der Waals surface area contributed by atoms with Crippen molar-refractivity contribution >= 4 is 16.9 Å².